The van der Waals surface area contributed by atoms with Gasteiger partial charge in [0, 0.05) is 68.8 Å². The number of aromatic hydroxyl groups is 1. The van der Waals surface area contributed by atoms with E-state index >= 15 is 4.39 Å². The number of fused-ring (bicyclic) bond motifs is 6. The molecule has 2 aliphatic carbocycles. The second kappa shape index (κ2) is 14.5. The molecule has 0 aromatic heterocycles. The smallest absolute Gasteiger partial charge is 0.254 e. The van der Waals surface area contributed by atoms with Gasteiger partial charge in [-0.3, -0.25) is 24.6 Å². The average molecular weight is 750 g/mol. The number of phenols is 1. The van der Waals surface area contributed by atoms with Gasteiger partial charge < -0.3 is 24.5 Å². The van der Waals surface area contributed by atoms with E-state index in [1.807, 2.05) is 42.2 Å². The molecule has 3 aromatic rings. The molecule has 6 aliphatic rings. The van der Waals surface area contributed by atoms with Gasteiger partial charge in [0.05, 0.1) is 24.0 Å². The summed E-state index contributed by atoms with van der Waals surface area (Å²) < 4.78 is 22.1. The predicted octanol–water partition coefficient (Wildman–Crippen LogP) is 5.98. The maximum Gasteiger partial charge on any atom is 0.254 e. The second-order valence-electron chi connectivity index (χ2n) is 17.2. The van der Waals surface area contributed by atoms with E-state index in [0.29, 0.717) is 48.6 Å². The van der Waals surface area contributed by atoms with E-state index in [9.17, 15) is 19.5 Å². The SMILES string of the molecule is CC(CCC(=O)NC=O)N1Cc2c(ccc3c2OCC2CN(CC4CC5(CCN(c6ccc([C@H]7CCCc8cc(O)ccc87)cc6F)CC5)C4)CCN32)C1=O. The zero-order valence-electron chi connectivity index (χ0n) is 31.8. The number of piperidine rings is 1. The summed E-state index contributed by atoms with van der Waals surface area (Å²) in [6.45, 7) is 8.79. The molecule has 2 saturated heterocycles. The quantitative estimate of drug-likeness (QED) is 0.258. The first-order valence-electron chi connectivity index (χ1n) is 20.4. The molecule has 3 atom stereocenters. The second-order valence-corrected chi connectivity index (χ2v) is 17.2. The molecule has 0 bridgehead atoms. The fourth-order valence-corrected chi connectivity index (χ4v) is 10.9. The van der Waals surface area contributed by atoms with E-state index < -0.39 is 0 Å². The van der Waals surface area contributed by atoms with Crippen LogP contribution in [0.4, 0.5) is 15.8 Å². The lowest BCUT2D eigenvalue weighted by Crippen LogP contribution is -2.59. The van der Waals surface area contributed by atoms with Crippen molar-refractivity contribution < 1.29 is 28.6 Å². The highest BCUT2D eigenvalue weighted by Gasteiger charge is 2.47. The number of aryl methyl sites for hydroxylation is 1. The van der Waals surface area contributed by atoms with Gasteiger partial charge in [0.15, 0.2) is 0 Å². The number of hydrogen-bond acceptors (Lipinski definition) is 8. The van der Waals surface area contributed by atoms with Crippen molar-refractivity contribution in [3.05, 3.63) is 82.2 Å². The van der Waals surface area contributed by atoms with Crippen molar-refractivity contribution in [2.24, 2.45) is 11.3 Å². The number of carbonyl (C=O) groups excluding carboxylic acids is 3. The third-order valence-corrected chi connectivity index (χ3v) is 13.8. The Hall–Kier alpha value is -4.64. The largest absolute Gasteiger partial charge is 0.508 e. The molecule has 4 heterocycles. The normalized spacial score (nSPS) is 23.6. The number of anilines is 2. The lowest BCUT2D eigenvalue weighted by molar-refractivity contribution is -0.125. The van der Waals surface area contributed by atoms with Crippen molar-refractivity contribution in [1.82, 2.24) is 15.1 Å². The van der Waals surface area contributed by atoms with Crippen LogP contribution in [0.2, 0.25) is 0 Å². The Morgan fingerprint density at radius 3 is 2.69 bits per heavy atom. The summed E-state index contributed by atoms with van der Waals surface area (Å²) in [5.74, 6) is 1.50. The molecule has 3 aromatic carbocycles. The number of halogens is 1. The van der Waals surface area contributed by atoms with Crippen molar-refractivity contribution >= 4 is 29.6 Å². The lowest BCUT2D eigenvalue weighted by atomic mass is 9.57. The minimum absolute atomic E-state index is 0.0355. The number of nitrogens with one attached hydrogen (secondary N) is 1. The van der Waals surface area contributed by atoms with Crippen molar-refractivity contribution in [1.29, 1.82) is 0 Å². The van der Waals surface area contributed by atoms with Crippen LogP contribution in [0.3, 0.4) is 0 Å². The van der Waals surface area contributed by atoms with Crippen LogP contribution in [0, 0.1) is 17.2 Å². The molecular weight excluding hydrogens is 698 g/mol. The molecule has 55 heavy (non-hydrogen) atoms. The highest BCUT2D eigenvalue weighted by Crippen LogP contribution is 2.53. The van der Waals surface area contributed by atoms with Gasteiger partial charge in [-0.1, -0.05) is 12.1 Å². The molecule has 1 saturated carbocycles. The summed E-state index contributed by atoms with van der Waals surface area (Å²) in [4.78, 5) is 44.9. The molecule has 10 nitrogen and oxygen atoms in total. The van der Waals surface area contributed by atoms with Crippen LogP contribution >= 0.6 is 0 Å². The van der Waals surface area contributed by atoms with E-state index in [2.05, 4.69) is 26.1 Å². The van der Waals surface area contributed by atoms with Gasteiger partial charge in [0.1, 0.15) is 23.9 Å². The molecule has 4 aliphatic heterocycles. The Morgan fingerprint density at radius 2 is 1.89 bits per heavy atom. The van der Waals surface area contributed by atoms with Crippen LogP contribution in [0.25, 0.3) is 0 Å². The number of carbonyl (C=O) groups is 3. The van der Waals surface area contributed by atoms with Crippen molar-refractivity contribution in [2.75, 3.05) is 55.7 Å². The monoisotopic (exact) mass is 749 g/mol. The number of imide groups is 1. The Balaban J connectivity index is 0.759. The van der Waals surface area contributed by atoms with Crippen molar-refractivity contribution in [3.63, 3.8) is 0 Å². The molecule has 3 amide bonds. The van der Waals surface area contributed by atoms with Gasteiger partial charge in [0.25, 0.3) is 5.91 Å². The van der Waals surface area contributed by atoms with Crippen LogP contribution < -0.4 is 19.9 Å². The summed E-state index contributed by atoms with van der Waals surface area (Å²) in [5, 5.41) is 12.1. The topological polar surface area (TPSA) is 106 Å². The Morgan fingerprint density at radius 1 is 1.07 bits per heavy atom. The standard InChI is InChI=1S/C44H52FN5O5/c1-28(5-12-41(53)46-27-51)50-25-37-36(43(50)54)9-11-40-42(37)55-26-32-24-47(17-18-49(32)40)23-29-21-44(22-29)13-15-48(16-14-44)39-10-6-31(20-38(39)45)34-4-2-3-30-19-33(52)7-8-35(30)34/h6-11,19-20,27-29,32,34,52H,2-5,12-18,21-26H2,1H3,(H,46,51,53)/t28?,32?,34-/m1/s1. The predicted molar refractivity (Wildman–Crippen MR) is 208 cm³/mol. The Labute approximate surface area is 322 Å². The fraction of sp³-hybridized carbons (Fsp3) is 0.523. The molecule has 0 radical (unpaired) electrons. The summed E-state index contributed by atoms with van der Waals surface area (Å²) in [6, 6.07) is 15.6. The first-order valence-corrected chi connectivity index (χ1v) is 20.4. The molecule has 9 rings (SSSR count). The summed E-state index contributed by atoms with van der Waals surface area (Å²) in [6.07, 6.45) is 8.79. The first-order chi connectivity index (χ1) is 26.7. The van der Waals surface area contributed by atoms with Gasteiger partial charge in [0.2, 0.25) is 12.3 Å². The fourth-order valence-electron chi connectivity index (χ4n) is 10.9. The van der Waals surface area contributed by atoms with Gasteiger partial charge >= 0.3 is 0 Å². The van der Waals surface area contributed by atoms with Crippen LogP contribution in [-0.4, -0.2) is 91.1 Å². The van der Waals surface area contributed by atoms with Gasteiger partial charge in [-0.15, -0.1) is 0 Å². The van der Waals surface area contributed by atoms with Crippen LogP contribution in [0.5, 0.6) is 11.5 Å². The van der Waals surface area contributed by atoms with Gasteiger partial charge in [-0.05, 0) is 123 Å². The highest BCUT2D eigenvalue weighted by molar-refractivity contribution is 6.00. The minimum Gasteiger partial charge on any atom is -0.508 e. The summed E-state index contributed by atoms with van der Waals surface area (Å²) in [5.41, 5.74) is 7.23. The van der Waals surface area contributed by atoms with Crippen LogP contribution in [-0.2, 0) is 22.6 Å². The number of nitrogens with zero attached hydrogens (tertiary/aromatic N) is 4. The minimum atomic E-state index is -0.337. The van der Waals surface area contributed by atoms with E-state index in [4.69, 9.17) is 4.74 Å². The third kappa shape index (κ3) is 6.72. The Bertz CT molecular complexity index is 1990. The lowest BCUT2D eigenvalue weighted by Gasteiger charge is -2.54. The zero-order valence-corrected chi connectivity index (χ0v) is 31.8. The van der Waals surface area contributed by atoms with Crippen molar-refractivity contribution in [3.8, 4) is 11.5 Å². The molecule has 11 heteroatoms. The highest BCUT2D eigenvalue weighted by atomic mass is 19.1. The maximum atomic E-state index is 15.7. The summed E-state index contributed by atoms with van der Waals surface area (Å²) in [7, 11) is 0. The first kappa shape index (κ1) is 36.0. The molecular formula is C44H52FN5O5. The zero-order chi connectivity index (χ0) is 37.8. The molecule has 2 N–H and O–H groups in total. The third-order valence-electron chi connectivity index (χ3n) is 13.8. The number of amides is 3. The summed E-state index contributed by atoms with van der Waals surface area (Å²) >= 11 is 0. The van der Waals surface area contributed by atoms with Gasteiger partial charge in [-0.25, -0.2) is 4.39 Å². The molecule has 290 valence electrons. The molecule has 2 unspecified atom stereocenters. The Kier molecular flexibility index (Phi) is 9.47. The molecule has 3 fully saturated rings. The van der Waals surface area contributed by atoms with Crippen LogP contribution in [0.15, 0.2) is 48.5 Å². The van der Waals surface area contributed by atoms with Gasteiger partial charge in [-0.2, -0.15) is 0 Å². The average Bonchev–Trinajstić information content (AvgIpc) is 3.52. The van der Waals surface area contributed by atoms with Crippen LogP contribution in [0.1, 0.15) is 96.8 Å². The number of phenolic OH excluding ortho intramolecular Hbond substituents is 1. The molecule has 1 spiro atoms. The van der Waals surface area contributed by atoms with E-state index in [0.717, 1.165) is 99.6 Å². The van der Waals surface area contributed by atoms with Crippen molar-refractivity contribution in [2.45, 2.75) is 89.3 Å². The van der Waals surface area contributed by atoms with E-state index in [1.165, 1.54) is 24.0 Å². The number of benzene rings is 3. The van der Waals surface area contributed by atoms with E-state index in [-0.39, 0.29) is 42.1 Å². The number of piperazine rings is 1. The number of hydrogen-bond donors (Lipinski definition) is 2. The number of ether oxygens (including phenoxy) is 1. The maximum absolute atomic E-state index is 15.7. The number of rotatable bonds is 9. The van der Waals surface area contributed by atoms with E-state index in [1.54, 1.807) is 12.1 Å².